The SMILES string of the molecule is O/N=C/c1ccc2cc(O)ccc2c1. The standard InChI is InChI=1S/C11H9NO2/c13-11-4-3-9-5-8(7-12-14)1-2-10(9)6-11/h1-7,13-14H/b12-7+. The summed E-state index contributed by atoms with van der Waals surface area (Å²) in [7, 11) is 0. The van der Waals surface area contributed by atoms with Crippen LogP contribution in [0.3, 0.4) is 0 Å². The van der Waals surface area contributed by atoms with Crippen LogP contribution in [-0.2, 0) is 0 Å². The molecule has 0 saturated carbocycles. The Morgan fingerprint density at radius 3 is 2.50 bits per heavy atom. The minimum Gasteiger partial charge on any atom is -0.508 e. The summed E-state index contributed by atoms with van der Waals surface area (Å²) in [6.07, 6.45) is 1.37. The van der Waals surface area contributed by atoms with Crippen molar-refractivity contribution in [1.29, 1.82) is 0 Å². The van der Waals surface area contributed by atoms with Gasteiger partial charge >= 0.3 is 0 Å². The predicted octanol–water partition coefficient (Wildman–Crippen LogP) is 2.35. The average Bonchev–Trinajstić information content (AvgIpc) is 2.19. The fourth-order valence-corrected chi connectivity index (χ4v) is 1.40. The number of hydrogen-bond acceptors (Lipinski definition) is 3. The van der Waals surface area contributed by atoms with Crippen LogP contribution in [0.2, 0.25) is 0 Å². The van der Waals surface area contributed by atoms with E-state index in [1.165, 1.54) is 6.21 Å². The number of aromatic hydroxyl groups is 1. The lowest BCUT2D eigenvalue weighted by Gasteiger charge is -1.99. The van der Waals surface area contributed by atoms with Crippen molar-refractivity contribution in [3.8, 4) is 5.75 Å². The van der Waals surface area contributed by atoms with Gasteiger partial charge in [0.2, 0.25) is 0 Å². The molecule has 0 aliphatic rings. The lowest BCUT2D eigenvalue weighted by atomic mass is 10.1. The number of phenols is 1. The Morgan fingerprint density at radius 1 is 1.00 bits per heavy atom. The van der Waals surface area contributed by atoms with Crippen LogP contribution in [0.25, 0.3) is 10.8 Å². The highest BCUT2D eigenvalue weighted by atomic mass is 16.4. The fourth-order valence-electron chi connectivity index (χ4n) is 1.40. The van der Waals surface area contributed by atoms with E-state index in [0.29, 0.717) is 0 Å². The van der Waals surface area contributed by atoms with Gasteiger partial charge in [0.15, 0.2) is 0 Å². The van der Waals surface area contributed by atoms with Crippen LogP contribution in [0.1, 0.15) is 5.56 Å². The third kappa shape index (κ3) is 1.52. The Morgan fingerprint density at radius 2 is 1.71 bits per heavy atom. The second-order valence-electron chi connectivity index (χ2n) is 3.04. The molecular weight excluding hydrogens is 178 g/mol. The number of phenolic OH excluding ortho intramolecular Hbond substituents is 1. The second-order valence-corrected chi connectivity index (χ2v) is 3.04. The van der Waals surface area contributed by atoms with E-state index in [2.05, 4.69) is 5.16 Å². The van der Waals surface area contributed by atoms with Gasteiger partial charge in [-0.3, -0.25) is 0 Å². The molecule has 2 aromatic rings. The Kier molecular flexibility index (Phi) is 2.07. The largest absolute Gasteiger partial charge is 0.508 e. The monoisotopic (exact) mass is 187 g/mol. The molecule has 70 valence electrons. The first-order valence-electron chi connectivity index (χ1n) is 4.20. The number of fused-ring (bicyclic) bond motifs is 1. The third-order valence-electron chi connectivity index (χ3n) is 2.05. The van der Waals surface area contributed by atoms with Gasteiger partial charge in [-0.1, -0.05) is 23.4 Å². The number of rotatable bonds is 1. The minimum absolute atomic E-state index is 0.251. The van der Waals surface area contributed by atoms with Gasteiger partial charge in [-0.25, -0.2) is 0 Å². The lowest BCUT2D eigenvalue weighted by Crippen LogP contribution is -1.81. The van der Waals surface area contributed by atoms with Crippen LogP contribution in [0, 0.1) is 0 Å². The van der Waals surface area contributed by atoms with Crippen LogP contribution < -0.4 is 0 Å². The van der Waals surface area contributed by atoms with Gasteiger partial charge in [0.1, 0.15) is 5.75 Å². The number of nitrogens with zero attached hydrogens (tertiary/aromatic N) is 1. The van der Waals surface area contributed by atoms with Gasteiger partial charge in [-0.15, -0.1) is 0 Å². The van der Waals surface area contributed by atoms with E-state index in [0.717, 1.165) is 16.3 Å². The molecule has 0 radical (unpaired) electrons. The maximum absolute atomic E-state index is 9.24. The summed E-state index contributed by atoms with van der Waals surface area (Å²) in [5.41, 5.74) is 0.825. The Bertz CT molecular complexity index is 492. The summed E-state index contributed by atoms with van der Waals surface area (Å²) in [4.78, 5) is 0. The van der Waals surface area contributed by atoms with E-state index in [1.807, 2.05) is 24.3 Å². The topological polar surface area (TPSA) is 52.8 Å². The first-order valence-corrected chi connectivity index (χ1v) is 4.20. The number of hydrogen-bond donors (Lipinski definition) is 2. The maximum atomic E-state index is 9.24. The Hall–Kier alpha value is -2.03. The summed E-state index contributed by atoms with van der Waals surface area (Å²) < 4.78 is 0. The van der Waals surface area contributed by atoms with E-state index in [4.69, 9.17) is 5.21 Å². The predicted molar refractivity (Wildman–Crippen MR) is 55.0 cm³/mol. The highest BCUT2D eigenvalue weighted by molar-refractivity contribution is 5.90. The van der Waals surface area contributed by atoms with Crippen LogP contribution in [0.5, 0.6) is 5.75 Å². The molecule has 0 amide bonds. The Labute approximate surface area is 80.9 Å². The quantitative estimate of drug-likeness (QED) is 0.409. The van der Waals surface area contributed by atoms with E-state index in [-0.39, 0.29) is 5.75 Å². The van der Waals surface area contributed by atoms with Crippen molar-refractivity contribution in [2.45, 2.75) is 0 Å². The van der Waals surface area contributed by atoms with Crippen molar-refractivity contribution in [2.24, 2.45) is 5.16 Å². The van der Waals surface area contributed by atoms with Gasteiger partial charge in [-0.05, 0) is 34.5 Å². The van der Waals surface area contributed by atoms with Crippen molar-refractivity contribution < 1.29 is 10.3 Å². The first-order chi connectivity index (χ1) is 6.79. The lowest BCUT2D eigenvalue weighted by molar-refractivity contribution is 0.322. The summed E-state index contributed by atoms with van der Waals surface area (Å²) in [5, 5.41) is 22.5. The molecule has 0 aliphatic carbocycles. The van der Waals surface area contributed by atoms with E-state index in [1.54, 1.807) is 12.1 Å². The zero-order chi connectivity index (χ0) is 9.97. The number of benzene rings is 2. The molecule has 3 nitrogen and oxygen atoms in total. The van der Waals surface area contributed by atoms with Gasteiger partial charge in [0.05, 0.1) is 6.21 Å². The van der Waals surface area contributed by atoms with Gasteiger partial charge in [0.25, 0.3) is 0 Å². The summed E-state index contributed by atoms with van der Waals surface area (Å²) >= 11 is 0. The van der Waals surface area contributed by atoms with Crippen molar-refractivity contribution in [1.82, 2.24) is 0 Å². The van der Waals surface area contributed by atoms with Gasteiger partial charge in [-0.2, -0.15) is 0 Å². The van der Waals surface area contributed by atoms with Gasteiger partial charge in [0, 0.05) is 0 Å². The highest BCUT2D eigenvalue weighted by Gasteiger charge is 1.95. The molecule has 0 spiro atoms. The van der Waals surface area contributed by atoms with Gasteiger partial charge < -0.3 is 10.3 Å². The first kappa shape index (κ1) is 8.56. The molecule has 0 fully saturated rings. The second kappa shape index (κ2) is 3.38. The molecule has 2 aromatic carbocycles. The third-order valence-corrected chi connectivity index (χ3v) is 2.05. The molecular formula is C11H9NO2. The normalized spacial score (nSPS) is 11.1. The smallest absolute Gasteiger partial charge is 0.116 e. The summed E-state index contributed by atoms with van der Waals surface area (Å²) in [5.74, 6) is 0.251. The molecule has 0 unspecified atom stereocenters. The molecule has 2 rings (SSSR count). The van der Waals surface area contributed by atoms with Crippen LogP contribution >= 0.6 is 0 Å². The van der Waals surface area contributed by atoms with Crippen LogP contribution in [0.15, 0.2) is 41.6 Å². The molecule has 0 aliphatic heterocycles. The maximum Gasteiger partial charge on any atom is 0.116 e. The molecule has 0 bridgehead atoms. The molecule has 0 aromatic heterocycles. The highest BCUT2D eigenvalue weighted by Crippen LogP contribution is 2.20. The van der Waals surface area contributed by atoms with Crippen LogP contribution in [-0.4, -0.2) is 16.5 Å². The zero-order valence-electron chi connectivity index (χ0n) is 7.38. The van der Waals surface area contributed by atoms with Crippen molar-refractivity contribution >= 4 is 17.0 Å². The summed E-state index contributed by atoms with van der Waals surface area (Å²) in [6, 6.07) is 10.7. The van der Waals surface area contributed by atoms with E-state index in [9.17, 15) is 5.11 Å². The fraction of sp³-hybridized carbons (Fsp3) is 0. The Balaban J connectivity index is 2.61. The van der Waals surface area contributed by atoms with E-state index < -0.39 is 0 Å². The molecule has 2 N–H and O–H groups in total. The number of oxime groups is 1. The van der Waals surface area contributed by atoms with Crippen molar-refractivity contribution in [3.05, 3.63) is 42.0 Å². The van der Waals surface area contributed by atoms with Crippen molar-refractivity contribution in [2.75, 3.05) is 0 Å². The average molecular weight is 187 g/mol. The molecule has 3 heteroatoms. The molecule has 14 heavy (non-hydrogen) atoms. The molecule has 0 atom stereocenters. The van der Waals surface area contributed by atoms with Crippen molar-refractivity contribution in [3.63, 3.8) is 0 Å². The molecule has 0 saturated heterocycles. The minimum atomic E-state index is 0.251. The van der Waals surface area contributed by atoms with Crippen LogP contribution in [0.4, 0.5) is 0 Å². The summed E-state index contributed by atoms with van der Waals surface area (Å²) in [6.45, 7) is 0. The van der Waals surface area contributed by atoms with E-state index >= 15 is 0 Å². The zero-order valence-corrected chi connectivity index (χ0v) is 7.38. The molecule has 0 heterocycles.